The third-order valence-electron chi connectivity index (χ3n) is 4.25. The number of nitrogens with two attached hydrogens (primary N) is 1. The molecule has 2 aromatic carbocycles. The van der Waals surface area contributed by atoms with Crippen LogP contribution in [0.25, 0.3) is 0 Å². The third-order valence-corrected chi connectivity index (χ3v) is 4.72. The fraction of sp³-hybridized carbons (Fsp3) is 0.300. The summed E-state index contributed by atoms with van der Waals surface area (Å²) in [5.74, 6) is 0.299. The van der Waals surface area contributed by atoms with Gasteiger partial charge in [0.25, 0.3) is 5.91 Å². The van der Waals surface area contributed by atoms with Crippen LogP contribution in [0.3, 0.4) is 0 Å². The van der Waals surface area contributed by atoms with E-state index in [1.165, 1.54) is 0 Å². The zero-order valence-electron chi connectivity index (χ0n) is 16.1. The van der Waals surface area contributed by atoms with Crippen molar-refractivity contribution in [1.29, 1.82) is 0 Å². The van der Waals surface area contributed by atoms with Crippen molar-refractivity contribution in [3.05, 3.63) is 46.4 Å². The Hall–Kier alpha value is -2.84. The molecule has 4 rings (SSSR count). The standard InChI is InChI=1S/C11H12ClNO3.C9H9ClN2O2/c1-2-15-11(14)10-6-13-8-4-3-7(12)5-9(8)16-10;10-5-1-2-6-7(3-5)14-8(4-12-6)9(11)13/h3-5,10,13H,2,6H2,1H3;1-3,8,12H,4H2,(H2,11,13). The van der Waals surface area contributed by atoms with Crippen LogP contribution in [0.15, 0.2) is 36.4 Å². The van der Waals surface area contributed by atoms with E-state index >= 15 is 0 Å². The predicted octanol–water partition coefficient (Wildman–Crippen LogP) is 3.07. The largest absolute Gasteiger partial charge is 0.477 e. The van der Waals surface area contributed by atoms with Gasteiger partial charge in [-0.3, -0.25) is 4.79 Å². The molecule has 2 heterocycles. The minimum Gasteiger partial charge on any atom is -0.477 e. The van der Waals surface area contributed by atoms with Crippen LogP contribution in [0, 0.1) is 0 Å². The molecule has 0 saturated heterocycles. The zero-order chi connectivity index (χ0) is 21.7. The van der Waals surface area contributed by atoms with E-state index in [9.17, 15) is 9.59 Å². The maximum absolute atomic E-state index is 11.5. The second-order valence-corrected chi connectivity index (χ2v) is 7.28. The molecular weight excluding hydrogens is 433 g/mol. The first-order valence-corrected chi connectivity index (χ1v) is 9.99. The number of rotatable bonds is 3. The highest BCUT2D eigenvalue weighted by atomic mass is 35.5. The number of anilines is 2. The van der Waals surface area contributed by atoms with E-state index < -0.39 is 18.1 Å². The lowest BCUT2D eigenvalue weighted by Crippen LogP contribution is -2.41. The molecule has 1 amide bonds. The molecule has 0 spiro atoms. The maximum atomic E-state index is 11.5. The number of hydrogen-bond acceptors (Lipinski definition) is 7. The Labute approximate surface area is 183 Å². The Morgan fingerprint density at radius 1 is 1.00 bits per heavy atom. The summed E-state index contributed by atoms with van der Waals surface area (Å²) in [5.41, 5.74) is 6.79. The lowest BCUT2D eigenvalue weighted by Gasteiger charge is -2.25. The summed E-state index contributed by atoms with van der Waals surface area (Å²) in [5, 5.41) is 7.27. The molecule has 0 aliphatic carbocycles. The summed E-state index contributed by atoms with van der Waals surface area (Å²) < 4.78 is 15.7. The topological polar surface area (TPSA) is 112 Å². The summed E-state index contributed by atoms with van der Waals surface area (Å²) in [6.07, 6.45) is -1.23. The molecular formula is C20H21Cl2N3O5. The van der Waals surface area contributed by atoms with Crippen LogP contribution in [0.4, 0.5) is 11.4 Å². The first-order chi connectivity index (χ1) is 14.4. The van der Waals surface area contributed by atoms with E-state index in [0.717, 1.165) is 11.4 Å². The normalized spacial score (nSPS) is 18.5. The molecule has 4 N–H and O–H groups in total. The Morgan fingerprint density at radius 3 is 2.00 bits per heavy atom. The van der Waals surface area contributed by atoms with E-state index in [-0.39, 0.29) is 5.97 Å². The van der Waals surface area contributed by atoms with Crippen LogP contribution in [0.1, 0.15) is 6.92 Å². The van der Waals surface area contributed by atoms with Crippen molar-refractivity contribution in [2.75, 3.05) is 30.3 Å². The van der Waals surface area contributed by atoms with Crippen LogP contribution in [-0.4, -0.2) is 43.8 Å². The van der Waals surface area contributed by atoms with Crippen molar-refractivity contribution in [2.24, 2.45) is 5.73 Å². The van der Waals surface area contributed by atoms with Crippen LogP contribution in [0.5, 0.6) is 11.5 Å². The number of amides is 1. The second-order valence-electron chi connectivity index (χ2n) is 6.41. The highest BCUT2D eigenvalue weighted by molar-refractivity contribution is 6.31. The quantitative estimate of drug-likeness (QED) is 0.612. The molecule has 0 radical (unpaired) electrons. The van der Waals surface area contributed by atoms with E-state index in [1.54, 1.807) is 37.3 Å². The third kappa shape index (κ3) is 5.40. The van der Waals surface area contributed by atoms with Crippen molar-refractivity contribution in [3.8, 4) is 11.5 Å². The Balaban J connectivity index is 0.000000172. The lowest BCUT2D eigenvalue weighted by atomic mass is 10.2. The number of hydrogen-bond donors (Lipinski definition) is 3. The molecule has 2 aliphatic heterocycles. The van der Waals surface area contributed by atoms with Gasteiger partial charge < -0.3 is 30.6 Å². The molecule has 2 atom stereocenters. The van der Waals surface area contributed by atoms with E-state index in [0.29, 0.717) is 41.2 Å². The SMILES string of the molecule is CCOC(=O)C1CNc2ccc(Cl)cc2O1.NC(=O)C1CNc2ccc(Cl)cc2O1. The molecule has 10 heteroatoms. The second kappa shape index (κ2) is 9.77. The van der Waals surface area contributed by atoms with Gasteiger partial charge in [0.05, 0.1) is 31.1 Å². The average Bonchev–Trinajstić information content (AvgIpc) is 2.73. The van der Waals surface area contributed by atoms with Crippen molar-refractivity contribution >= 4 is 46.5 Å². The van der Waals surface area contributed by atoms with Crippen molar-refractivity contribution in [2.45, 2.75) is 19.1 Å². The molecule has 2 unspecified atom stereocenters. The summed E-state index contributed by atoms with van der Waals surface area (Å²) in [6, 6.07) is 10.5. The van der Waals surface area contributed by atoms with Crippen LogP contribution in [-0.2, 0) is 14.3 Å². The highest BCUT2D eigenvalue weighted by Crippen LogP contribution is 2.32. The van der Waals surface area contributed by atoms with Gasteiger partial charge in [0.1, 0.15) is 11.5 Å². The van der Waals surface area contributed by atoms with E-state index in [4.69, 9.17) is 43.1 Å². The van der Waals surface area contributed by atoms with E-state index in [2.05, 4.69) is 10.6 Å². The van der Waals surface area contributed by atoms with Crippen LogP contribution >= 0.6 is 23.2 Å². The van der Waals surface area contributed by atoms with Gasteiger partial charge in [0.2, 0.25) is 6.10 Å². The minimum absolute atomic E-state index is 0.348. The van der Waals surface area contributed by atoms with Gasteiger partial charge >= 0.3 is 5.97 Å². The van der Waals surface area contributed by atoms with Crippen molar-refractivity contribution in [3.63, 3.8) is 0 Å². The Morgan fingerprint density at radius 2 is 1.50 bits per heavy atom. The fourth-order valence-corrected chi connectivity index (χ4v) is 3.12. The van der Waals surface area contributed by atoms with E-state index in [1.807, 2.05) is 6.07 Å². The molecule has 0 aromatic heterocycles. The van der Waals surface area contributed by atoms with Gasteiger partial charge in [0, 0.05) is 22.2 Å². The van der Waals surface area contributed by atoms with Gasteiger partial charge in [0.15, 0.2) is 6.10 Å². The number of carbonyl (C=O) groups excluding carboxylic acids is 2. The lowest BCUT2D eigenvalue weighted by molar-refractivity contribution is -0.150. The van der Waals surface area contributed by atoms with Gasteiger partial charge in [-0.25, -0.2) is 4.79 Å². The molecule has 160 valence electrons. The maximum Gasteiger partial charge on any atom is 0.349 e. The summed E-state index contributed by atoms with van der Waals surface area (Å²) >= 11 is 11.6. The Kier molecular flexibility index (Phi) is 7.12. The smallest absolute Gasteiger partial charge is 0.349 e. The fourth-order valence-electron chi connectivity index (χ4n) is 2.80. The molecule has 8 nitrogen and oxygen atoms in total. The first-order valence-electron chi connectivity index (χ1n) is 9.23. The number of primary amides is 1. The molecule has 30 heavy (non-hydrogen) atoms. The Bertz CT molecular complexity index is 941. The number of halogens is 2. The van der Waals surface area contributed by atoms with Crippen LogP contribution in [0.2, 0.25) is 10.0 Å². The number of fused-ring (bicyclic) bond motifs is 2. The summed E-state index contributed by atoms with van der Waals surface area (Å²) in [4.78, 5) is 22.3. The van der Waals surface area contributed by atoms with Gasteiger partial charge in [-0.15, -0.1) is 0 Å². The number of nitrogens with one attached hydrogen (secondary N) is 2. The monoisotopic (exact) mass is 453 g/mol. The first kappa shape index (κ1) is 21.9. The molecule has 2 aromatic rings. The molecule has 2 aliphatic rings. The van der Waals surface area contributed by atoms with Gasteiger partial charge in [-0.1, -0.05) is 23.2 Å². The number of benzene rings is 2. The average molecular weight is 454 g/mol. The van der Waals surface area contributed by atoms with Gasteiger partial charge in [-0.2, -0.15) is 0 Å². The molecule has 0 fully saturated rings. The summed E-state index contributed by atoms with van der Waals surface area (Å²) in [7, 11) is 0. The summed E-state index contributed by atoms with van der Waals surface area (Å²) in [6.45, 7) is 2.91. The van der Waals surface area contributed by atoms with Gasteiger partial charge in [-0.05, 0) is 31.2 Å². The van der Waals surface area contributed by atoms with Crippen molar-refractivity contribution < 1.29 is 23.8 Å². The van der Waals surface area contributed by atoms with Crippen molar-refractivity contribution in [1.82, 2.24) is 0 Å². The number of ether oxygens (including phenoxy) is 3. The molecule has 0 bridgehead atoms. The predicted molar refractivity (Wildman–Crippen MR) is 115 cm³/mol. The zero-order valence-corrected chi connectivity index (χ0v) is 17.6. The highest BCUT2D eigenvalue weighted by Gasteiger charge is 2.27. The minimum atomic E-state index is -0.624. The number of esters is 1. The number of carbonyl (C=O) groups is 2. The molecule has 0 saturated carbocycles. The van der Waals surface area contributed by atoms with Crippen LogP contribution < -0.4 is 25.8 Å².